The van der Waals surface area contributed by atoms with Crippen LogP contribution in [0.3, 0.4) is 0 Å². The van der Waals surface area contributed by atoms with Gasteiger partial charge in [-0.05, 0) is 0 Å². The Kier molecular flexibility index (Phi) is 9.17. The van der Waals surface area contributed by atoms with Gasteiger partial charge < -0.3 is 10.8 Å². The fourth-order valence-corrected chi connectivity index (χ4v) is 1.41. The second kappa shape index (κ2) is 7.60. The van der Waals surface area contributed by atoms with E-state index in [2.05, 4.69) is 6.58 Å². The van der Waals surface area contributed by atoms with Crippen molar-refractivity contribution in [3.63, 3.8) is 0 Å². The molecule has 0 saturated heterocycles. The van der Waals surface area contributed by atoms with E-state index in [0.29, 0.717) is 5.75 Å². The predicted octanol–water partition coefficient (Wildman–Crippen LogP) is -1.05. The van der Waals surface area contributed by atoms with E-state index >= 15 is 0 Å². The van der Waals surface area contributed by atoms with Crippen LogP contribution in [0.25, 0.3) is 0 Å². The van der Waals surface area contributed by atoms with Crippen molar-refractivity contribution < 1.29 is 14.1 Å². The summed E-state index contributed by atoms with van der Waals surface area (Å²) >= 11 is 0. The van der Waals surface area contributed by atoms with E-state index < -0.39 is 22.8 Å². The van der Waals surface area contributed by atoms with Crippen molar-refractivity contribution in [2.75, 3.05) is 11.5 Å². The number of carboxylic acid groups (broad SMARTS) is 1. The van der Waals surface area contributed by atoms with Gasteiger partial charge in [0.15, 0.2) is 0 Å². The quantitative estimate of drug-likeness (QED) is 0.480. The van der Waals surface area contributed by atoms with E-state index in [1.54, 1.807) is 0 Å². The minimum absolute atomic E-state index is 0. The van der Waals surface area contributed by atoms with Gasteiger partial charge in [0.2, 0.25) is 0 Å². The summed E-state index contributed by atoms with van der Waals surface area (Å²) in [6, 6.07) is -1.03. The normalized spacial score (nSPS) is 14.1. The SMILES string of the molecule is C=CCS(=O)C[C@H](N)C(=O)O.[Ga]. The van der Waals surface area contributed by atoms with Gasteiger partial charge in [0.25, 0.3) is 0 Å². The van der Waals surface area contributed by atoms with Gasteiger partial charge in [0.1, 0.15) is 6.04 Å². The van der Waals surface area contributed by atoms with E-state index in [4.69, 9.17) is 10.8 Å². The van der Waals surface area contributed by atoms with Gasteiger partial charge in [0.05, 0.1) is 0 Å². The number of aliphatic carboxylic acids is 1. The molecule has 0 rings (SSSR count). The van der Waals surface area contributed by atoms with Crippen LogP contribution in [0.5, 0.6) is 0 Å². The molecule has 0 bridgehead atoms. The van der Waals surface area contributed by atoms with Crippen LogP contribution in [0.2, 0.25) is 0 Å². The van der Waals surface area contributed by atoms with Gasteiger partial charge >= 0.3 is 5.97 Å². The van der Waals surface area contributed by atoms with Crippen LogP contribution in [0.1, 0.15) is 0 Å². The first kappa shape index (κ1) is 14.5. The summed E-state index contributed by atoms with van der Waals surface area (Å²) in [7, 11) is -1.19. The molecule has 3 radical (unpaired) electrons. The molecule has 12 heavy (non-hydrogen) atoms. The molecule has 0 aliphatic heterocycles. The van der Waals surface area contributed by atoms with Crippen LogP contribution in [0.15, 0.2) is 12.7 Å². The minimum Gasteiger partial charge on any atom is -0.480 e. The first-order valence-corrected chi connectivity index (χ1v) is 4.51. The van der Waals surface area contributed by atoms with Gasteiger partial charge in [-0.15, -0.1) is 6.58 Å². The fraction of sp³-hybridized carbons (Fsp3) is 0.500. The summed E-state index contributed by atoms with van der Waals surface area (Å²) < 4.78 is 10.9. The minimum atomic E-state index is -1.19. The van der Waals surface area contributed by atoms with Crippen LogP contribution in [0, 0.1) is 0 Å². The summed E-state index contributed by atoms with van der Waals surface area (Å²) in [5, 5.41) is 8.31. The van der Waals surface area contributed by atoms with E-state index in [1.165, 1.54) is 6.08 Å². The zero-order valence-corrected chi connectivity index (χ0v) is 9.84. The zero-order chi connectivity index (χ0) is 8.85. The van der Waals surface area contributed by atoms with E-state index in [9.17, 15) is 9.00 Å². The average Bonchev–Trinajstić information content (AvgIpc) is 1.87. The Morgan fingerprint density at radius 2 is 2.25 bits per heavy atom. The molecule has 0 aliphatic rings. The Balaban J connectivity index is 0. The first-order valence-electron chi connectivity index (χ1n) is 3.02. The Morgan fingerprint density at radius 3 is 2.58 bits per heavy atom. The molecule has 0 saturated carbocycles. The summed E-state index contributed by atoms with van der Waals surface area (Å²) in [4.78, 5) is 10.2. The molecule has 2 atom stereocenters. The molecule has 0 aromatic rings. The van der Waals surface area contributed by atoms with Crippen molar-refractivity contribution in [1.29, 1.82) is 0 Å². The van der Waals surface area contributed by atoms with Crippen molar-refractivity contribution in [2.24, 2.45) is 5.73 Å². The summed E-state index contributed by atoms with van der Waals surface area (Å²) in [5.74, 6) is -0.843. The molecule has 0 aliphatic carbocycles. The maximum absolute atomic E-state index is 10.9. The van der Waals surface area contributed by atoms with Crippen LogP contribution in [-0.4, -0.2) is 52.6 Å². The second-order valence-electron chi connectivity index (χ2n) is 2.01. The summed E-state index contributed by atoms with van der Waals surface area (Å²) in [6.07, 6.45) is 1.48. The molecule has 0 amide bonds. The third-order valence-electron chi connectivity index (χ3n) is 0.986. The maximum atomic E-state index is 10.9. The topological polar surface area (TPSA) is 80.4 Å². The number of nitrogens with two attached hydrogens (primary N) is 1. The third-order valence-corrected chi connectivity index (χ3v) is 2.32. The van der Waals surface area contributed by atoms with Crippen molar-refractivity contribution in [3.8, 4) is 0 Å². The van der Waals surface area contributed by atoms with Crippen molar-refractivity contribution in [3.05, 3.63) is 12.7 Å². The number of carboxylic acids is 1. The third kappa shape index (κ3) is 6.65. The smallest absolute Gasteiger partial charge is 0.321 e. The second-order valence-corrected chi connectivity index (χ2v) is 3.55. The number of carbonyl (C=O) groups is 1. The molecule has 0 aromatic heterocycles. The molecule has 1 unspecified atom stereocenters. The number of rotatable bonds is 5. The van der Waals surface area contributed by atoms with Crippen LogP contribution >= 0.6 is 0 Å². The van der Waals surface area contributed by atoms with E-state index in [-0.39, 0.29) is 25.5 Å². The van der Waals surface area contributed by atoms with Gasteiger partial charge in [-0.3, -0.25) is 9.00 Å². The molecule has 0 spiro atoms. The molecule has 0 fully saturated rings. The summed E-state index contributed by atoms with van der Waals surface area (Å²) in [6.45, 7) is 3.37. The molecule has 0 heterocycles. The summed E-state index contributed by atoms with van der Waals surface area (Å²) in [5.41, 5.74) is 5.12. The first-order chi connectivity index (χ1) is 5.07. The molecule has 67 valence electrons. The Hall–Kier alpha value is -0.0436. The zero-order valence-electron chi connectivity index (χ0n) is 6.60. The molecule has 6 heteroatoms. The number of hydrogen-bond acceptors (Lipinski definition) is 3. The number of hydrogen-bond donors (Lipinski definition) is 2. The van der Waals surface area contributed by atoms with Crippen LogP contribution in [-0.2, 0) is 15.6 Å². The molecular formula is C6H11GaNO3S. The Labute approximate surface area is 86.7 Å². The largest absolute Gasteiger partial charge is 0.480 e. The predicted molar refractivity (Wildman–Crippen MR) is 49.4 cm³/mol. The fourth-order valence-electron chi connectivity index (χ4n) is 0.471. The average molecular weight is 247 g/mol. The van der Waals surface area contributed by atoms with E-state index in [0.717, 1.165) is 0 Å². The van der Waals surface area contributed by atoms with Crippen LogP contribution < -0.4 is 5.73 Å². The standard InChI is InChI=1S/C6H11NO3S.Ga/c1-2-3-11(10)4-5(7)6(8)9;/h2,5H,1,3-4,7H2,(H,8,9);/t5-,11?;/m0./s1. The molecular weight excluding hydrogens is 236 g/mol. The molecule has 0 aromatic carbocycles. The Morgan fingerprint density at radius 1 is 1.75 bits per heavy atom. The van der Waals surface area contributed by atoms with Gasteiger partial charge in [-0.1, -0.05) is 6.08 Å². The Bertz CT molecular complexity index is 186. The van der Waals surface area contributed by atoms with Crippen molar-refractivity contribution in [2.45, 2.75) is 6.04 Å². The van der Waals surface area contributed by atoms with E-state index in [1.807, 2.05) is 0 Å². The maximum Gasteiger partial charge on any atom is 0.321 e. The van der Waals surface area contributed by atoms with Gasteiger partial charge in [0, 0.05) is 42.1 Å². The van der Waals surface area contributed by atoms with Gasteiger partial charge in [-0.2, -0.15) is 0 Å². The van der Waals surface area contributed by atoms with Crippen molar-refractivity contribution in [1.82, 2.24) is 0 Å². The van der Waals surface area contributed by atoms with Gasteiger partial charge in [-0.25, -0.2) is 0 Å². The molecule has 4 nitrogen and oxygen atoms in total. The molecule has 3 N–H and O–H groups in total. The monoisotopic (exact) mass is 246 g/mol. The van der Waals surface area contributed by atoms with Crippen LogP contribution in [0.4, 0.5) is 0 Å². The van der Waals surface area contributed by atoms with Crippen molar-refractivity contribution >= 4 is 36.6 Å².